The number of benzene rings is 1. The highest BCUT2D eigenvalue weighted by molar-refractivity contribution is 14.1. The third-order valence-electron chi connectivity index (χ3n) is 1.28. The molecule has 58 valence electrons. The van der Waals surface area contributed by atoms with Gasteiger partial charge in [0.1, 0.15) is 6.29 Å². The summed E-state index contributed by atoms with van der Waals surface area (Å²) in [6.07, 6.45) is 0.789. The number of rotatable bonds is 2. The summed E-state index contributed by atoms with van der Waals surface area (Å²) in [5.41, 5.74) is 3.90. The smallest absolute Gasteiger partial charge is 0.150 e. The van der Waals surface area contributed by atoms with Gasteiger partial charge in [-0.1, -0.05) is 6.07 Å². The minimum Gasteiger partial charge on any atom is -0.323 e. The van der Waals surface area contributed by atoms with Crippen LogP contribution in [0.3, 0.4) is 0 Å². The minimum absolute atomic E-state index is 0.623. The van der Waals surface area contributed by atoms with Crippen molar-refractivity contribution >= 4 is 34.6 Å². The number of hydrogen-bond donors (Lipinski definition) is 2. The fourth-order valence-electron chi connectivity index (χ4n) is 0.727. The standard InChI is InChI=1S/C7H7IN2O/c8-6-2-1-5(4-11)3-7(6)10-9/h1-4,10H,9H2. The van der Waals surface area contributed by atoms with E-state index in [1.807, 2.05) is 6.07 Å². The van der Waals surface area contributed by atoms with Crippen molar-refractivity contribution in [3.05, 3.63) is 27.3 Å². The Hall–Kier alpha value is -0.620. The summed E-state index contributed by atoms with van der Waals surface area (Å²) >= 11 is 2.13. The van der Waals surface area contributed by atoms with Gasteiger partial charge in [0.2, 0.25) is 0 Å². The van der Waals surface area contributed by atoms with Crippen LogP contribution in [0.1, 0.15) is 10.4 Å². The van der Waals surface area contributed by atoms with E-state index in [4.69, 9.17) is 5.84 Å². The van der Waals surface area contributed by atoms with Crippen molar-refractivity contribution in [3.63, 3.8) is 0 Å². The number of hydrogen-bond acceptors (Lipinski definition) is 3. The second kappa shape index (κ2) is 3.68. The third kappa shape index (κ3) is 1.90. The van der Waals surface area contributed by atoms with Crippen molar-refractivity contribution in [2.45, 2.75) is 0 Å². The van der Waals surface area contributed by atoms with Gasteiger partial charge in [0.05, 0.1) is 5.69 Å². The maximum Gasteiger partial charge on any atom is 0.150 e. The summed E-state index contributed by atoms with van der Waals surface area (Å²) in [5.74, 6) is 5.20. The zero-order valence-electron chi connectivity index (χ0n) is 5.67. The van der Waals surface area contributed by atoms with Gasteiger partial charge in [0.25, 0.3) is 0 Å². The zero-order chi connectivity index (χ0) is 8.27. The van der Waals surface area contributed by atoms with Gasteiger partial charge in [-0.2, -0.15) is 0 Å². The van der Waals surface area contributed by atoms with Crippen molar-refractivity contribution in [3.8, 4) is 0 Å². The summed E-state index contributed by atoms with van der Waals surface area (Å²) in [6, 6.07) is 5.28. The highest BCUT2D eigenvalue weighted by Gasteiger charge is 1.97. The van der Waals surface area contributed by atoms with E-state index >= 15 is 0 Å². The highest BCUT2D eigenvalue weighted by Crippen LogP contribution is 2.17. The molecule has 3 N–H and O–H groups in total. The number of nitrogens with two attached hydrogens (primary N) is 1. The Labute approximate surface area is 78.1 Å². The van der Waals surface area contributed by atoms with E-state index in [1.54, 1.807) is 12.1 Å². The quantitative estimate of drug-likeness (QED) is 0.366. The molecule has 1 aromatic carbocycles. The molecule has 0 saturated heterocycles. The van der Waals surface area contributed by atoms with Crippen LogP contribution in [-0.2, 0) is 0 Å². The van der Waals surface area contributed by atoms with E-state index in [2.05, 4.69) is 28.0 Å². The molecule has 0 fully saturated rings. The minimum atomic E-state index is 0.623. The first kappa shape index (κ1) is 8.48. The topological polar surface area (TPSA) is 55.1 Å². The Balaban J connectivity index is 3.12. The number of anilines is 1. The molecule has 0 aliphatic heterocycles. The number of carbonyl (C=O) groups is 1. The fourth-order valence-corrected chi connectivity index (χ4v) is 1.22. The van der Waals surface area contributed by atoms with Crippen LogP contribution in [0.2, 0.25) is 0 Å². The molecule has 0 unspecified atom stereocenters. The lowest BCUT2D eigenvalue weighted by molar-refractivity contribution is 0.112. The van der Waals surface area contributed by atoms with E-state index in [-0.39, 0.29) is 0 Å². The van der Waals surface area contributed by atoms with Crippen LogP contribution in [0.5, 0.6) is 0 Å². The Kier molecular flexibility index (Phi) is 2.84. The predicted molar refractivity (Wildman–Crippen MR) is 52.4 cm³/mol. The van der Waals surface area contributed by atoms with Crippen LogP contribution in [-0.4, -0.2) is 6.29 Å². The van der Waals surface area contributed by atoms with Gasteiger partial charge < -0.3 is 5.43 Å². The van der Waals surface area contributed by atoms with Gasteiger partial charge in [-0.25, -0.2) is 0 Å². The number of carbonyl (C=O) groups excluding carboxylic acids is 1. The Bertz CT molecular complexity index is 275. The van der Waals surface area contributed by atoms with Crippen LogP contribution in [0.25, 0.3) is 0 Å². The number of halogens is 1. The lowest BCUT2D eigenvalue weighted by atomic mass is 10.2. The molecule has 1 rings (SSSR count). The number of nitrogens with one attached hydrogen (secondary N) is 1. The molecule has 0 aliphatic carbocycles. The van der Waals surface area contributed by atoms with Crippen molar-refractivity contribution in [1.82, 2.24) is 0 Å². The normalized spacial score (nSPS) is 9.27. The number of nitrogen functional groups attached to an aromatic ring is 1. The van der Waals surface area contributed by atoms with Crippen LogP contribution in [0.4, 0.5) is 5.69 Å². The molecule has 0 aromatic heterocycles. The average molecular weight is 262 g/mol. The van der Waals surface area contributed by atoms with E-state index in [0.29, 0.717) is 5.56 Å². The molecule has 3 nitrogen and oxygen atoms in total. The maximum absolute atomic E-state index is 10.3. The van der Waals surface area contributed by atoms with E-state index in [0.717, 1.165) is 15.5 Å². The summed E-state index contributed by atoms with van der Waals surface area (Å²) in [7, 11) is 0. The molecule has 0 aliphatic rings. The zero-order valence-corrected chi connectivity index (χ0v) is 7.83. The van der Waals surface area contributed by atoms with Crippen LogP contribution in [0, 0.1) is 3.57 Å². The van der Waals surface area contributed by atoms with Gasteiger partial charge in [0, 0.05) is 9.13 Å². The molecule has 0 spiro atoms. The van der Waals surface area contributed by atoms with Crippen molar-refractivity contribution in [2.75, 3.05) is 5.43 Å². The molecule has 1 aromatic rings. The molecule has 4 heteroatoms. The predicted octanol–water partition coefficient (Wildman–Crippen LogP) is 1.39. The Morgan fingerprint density at radius 3 is 2.82 bits per heavy atom. The average Bonchev–Trinajstić information content (AvgIpc) is 2.05. The number of hydrazine groups is 1. The SMILES string of the molecule is NNc1cc(C=O)ccc1I. The van der Waals surface area contributed by atoms with Gasteiger partial charge in [-0.3, -0.25) is 10.6 Å². The maximum atomic E-state index is 10.3. The van der Waals surface area contributed by atoms with E-state index in [1.165, 1.54) is 0 Å². The van der Waals surface area contributed by atoms with Crippen LogP contribution < -0.4 is 11.3 Å². The summed E-state index contributed by atoms with van der Waals surface area (Å²) in [6.45, 7) is 0. The molecule has 0 atom stereocenters. The van der Waals surface area contributed by atoms with Crippen molar-refractivity contribution in [2.24, 2.45) is 5.84 Å². The van der Waals surface area contributed by atoms with E-state index in [9.17, 15) is 4.79 Å². The third-order valence-corrected chi connectivity index (χ3v) is 2.22. The fraction of sp³-hybridized carbons (Fsp3) is 0. The molecule has 0 heterocycles. The number of aldehydes is 1. The Morgan fingerprint density at radius 1 is 1.55 bits per heavy atom. The first-order valence-electron chi connectivity index (χ1n) is 2.99. The van der Waals surface area contributed by atoms with Gasteiger partial charge in [-0.15, -0.1) is 0 Å². The van der Waals surface area contributed by atoms with Crippen molar-refractivity contribution in [1.29, 1.82) is 0 Å². The largest absolute Gasteiger partial charge is 0.323 e. The summed E-state index contributed by atoms with van der Waals surface area (Å²) < 4.78 is 0.996. The monoisotopic (exact) mass is 262 g/mol. The lowest BCUT2D eigenvalue weighted by Crippen LogP contribution is -2.08. The van der Waals surface area contributed by atoms with Crippen LogP contribution in [0.15, 0.2) is 18.2 Å². The molecule has 0 saturated carbocycles. The molecular weight excluding hydrogens is 255 g/mol. The first-order chi connectivity index (χ1) is 5.27. The highest BCUT2D eigenvalue weighted by atomic mass is 127. The second-order valence-corrected chi connectivity index (χ2v) is 3.16. The van der Waals surface area contributed by atoms with Crippen LogP contribution >= 0.6 is 22.6 Å². The van der Waals surface area contributed by atoms with Gasteiger partial charge >= 0.3 is 0 Å². The second-order valence-electron chi connectivity index (χ2n) is 2.00. The molecule has 0 bridgehead atoms. The van der Waals surface area contributed by atoms with Crippen molar-refractivity contribution < 1.29 is 4.79 Å². The molecule has 0 radical (unpaired) electrons. The molecule has 0 amide bonds. The lowest BCUT2D eigenvalue weighted by Gasteiger charge is -2.02. The Morgan fingerprint density at radius 2 is 2.27 bits per heavy atom. The molecular formula is C7H7IN2O. The summed E-state index contributed by atoms with van der Waals surface area (Å²) in [4.78, 5) is 10.3. The summed E-state index contributed by atoms with van der Waals surface area (Å²) in [5, 5.41) is 0. The molecule has 11 heavy (non-hydrogen) atoms. The van der Waals surface area contributed by atoms with E-state index < -0.39 is 0 Å². The first-order valence-corrected chi connectivity index (χ1v) is 4.07. The van der Waals surface area contributed by atoms with Gasteiger partial charge in [-0.05, 0) is 34.7 Å². The van der Waals surface area contributed by atoms with Gasteiger partial charge in [0.15, 0.2) is 0 Å².